The number of hydrogen-bond acceptors (Lipinski definition) is 11. The van der Waals surface area contributed by atoms with Gasteiger partial charge in [-0.05, 0) is 109 Å². The molecule has 0 saturated carbocycles. The number of alkyl halides is 4. The summed E-state index contributed by atoms with van der Waals surface area (Å²) in [5.41, 5.74) is 1.83. The molecule has 0 aliphatic carbocycles. The van der Waals surface area contributed by atoms with Crippen LogP contribution in [-0.4, -0.2) is 59.0 Å². The van der Waals surface area contributed by atoms with E-state index in [0.717, 1.165) is 27.1 Å². The number of benzene rings is 3. The standard InChI is InChI=1S/C18H28BNO4.C11H13BrO2.C9H6N2O2.C6H4BrF3O.2Na.H/c1-16(2,3)22-15(21)20-12-13-8-10-14(11-9-13)19-23-17(4,5)18(6,7)24-19;1-11(2,10(13)14-3)8-5-4-6-9(12)7-8;12-9(13)6-2-1-3-8-7(6)4-10-5-11-8;7-3-4-1-2-5(11-4)6(8,9)10;;;/h8-11H,12H2,1-7H3,(H,20,21);4-7H,1-3H3;1-5H,(H,12,13);1-2H,3H2;;;/q;;;;2*+1;-1/p-1. The van der Waals surface area contributed by atoms with E-state index < -0.39 is 35.0 Å². The first kappa shape index (κ1) is 59.2. The molecule has 0 radical (unpaired) electrons. The van der Waals surface area contributed by atoms with Crippen molar-refractivity contribution in [2.24, 2.45) is 0 Å². The number of nitrogens with one attached hydrogen (secondary N) is 1. The Labute approximate surface area is 435 Å². The third kappa shape index (κ3) is 17.8. The molecule has 0 bridgehead atoms. The number of fused-ring (bicyclic) bond motifs is 1. The molecule has 1 N–H and O–H groups in total. The van der Waals surface area contributed by atoms with E-state index in [1.54, 1.807) is 12.1 Å². The number of alkyl carbamates (subject to hydrolysis) is 1. The summed E-state index contributed by atoms with van der Waals surface area (Å²) in [7, 11) is 1.03. The van der Waals surface area contributed by atoms with Gasteiger partial charge in [-0.15, -0.1) is 0 Å². The van der Waals surface area contributed by atoms with Crippen LogP contribution in [0.3, 0.4) is 0 Å². The minimum absolute atomic E-state index is 0. The van der Waals surface area contributed by atoms with Crippen molar-refractivity contribution < 1.29 is 116 Å². The predicted octanol–water partition coefficient (Wildman–Crippen LogP) is 3.22. The van der Waals surface area contributed by atoms with Gasteiger partial charge >= 0.3 is 84.5 Å². The number of carboxylic acids is 1. The largest absolute Gasteiger partial charge is 1.00 e. The molecule has 1 amide bonds. The zero-order chi connectivity index (χ0) is 46.7. The van der Waals surface area contributed by atoms with Crippen LogP contribution in [0.5, 0.6) is 0 Å². The number of carbonyl (C=O) groups is 3. The molecule has 0 atom stereocenters. The van der Waals surface area contributed by atoms with Crippen LogP contribution in [0.4, 0.5) is 18.0 Å². The van der Waals surface area contributed by atoms with Gasteiger partial charge in [0, 0.05) is 28.2 Å². The number of hydrogen-bond donors (Lipinski definition) is 1. The van der Waals surface area contributed by atoms with Gasteiger partial charge in [-0.3, -0.25) is 4.79 Å². The molecule has 1 aliphatic rings. The summed E-state index contributed by atoms with van der Waals surface area (Å²) >= 11 is 6.35. The van der Waals surface area contributed by atoms with E-state index in [-0.39, 0.29) is 96.2 Å². The summed E-state index contributed by atoms with van der Waals surface area (Å²) in [5.74, 6) is -2.11. The molecule has 336 valence electrons. The first-order valence-electron chi connectivity index (χ1n) is 19.1. The van der Waals surface area contributed by atoms with Gasteiger partial charge in [0.2, 0.25) is 5.76 Å². The van der Waals surface area contributed by atoms with E-state index in [9.17, 15) is 32.7 Å². The Morgan fingerprint density at radius 2 is 1.48 bits per heavy atom. The van der Waals surface area contributed by atoms with Crippen LogP contribution >= 0.6 is 31.9 Å². The van der Waals surface area contributed by atoms with Crippen molar-refractivity contribution in [1.82, 2.24) is 15.3 Å². The molecule has 1 saturated heterocycles. The normalized spacial score (nSPS) is 13.8. The number of aromatic carboxylic acids is 1. The molecule has 0 unspecified atom stereocenters. The third-order valence-corrected chi connectivity index (χ3v) is 10.5. The van der Waals surface area contributed by atoms with E-state index in [2.05, 4.69) is 51.6 Å². The molecule has 3 heterocycles. The van der Waals surface area contributed by atoms with Gasteiger partial charge in [0.05, 0.1) is 40.5 Å². The van der Waals surface area contributed by atoms with Crippen LogP contribution in [0.15, 0.2) is 100 Å². The summed E-state index contributed by atoms with van der Waals surface area (Å²) in [6.07, 6.45) is -1.95. The summed E-state index contributed by atoms with van der Waals surface area (Å²) < 4.78 is 62.9. The van der Waals surface area contributed by atoms with Gasteiger partial charge < -0.3 is 39.8 Å². The smallest absolute Gasteiger partial charge is 1.00 e. The van der Waals surface area contributed by atoms with Crippen molar-refractivity contribution in [1.29, 1.82) is 0 Å². The number of carbonyl (C=O) groups excluding carboxylic acids is 3. The topological polar surface area (TPSA) is 162 Å². The van der Waals surface area contributed by atoms with E-state index in [1.807, 2.05) is 111 Å². The number of halogens is 5. The second-order valence-electron chi connectivity index (χ2n) is 16.3. The number of ether oxygens (including phenoxy) is 2. The Bertz CT molecular complexity index is 2280. The van der Waals surface area contributed by atoms with Crippen molar-refractivity contribution in [2.45, 2.75) is 103 Å². The zero-order valence-corrected chi connectivity index (χ0v) is 45.3. The van der Waals surface area contributed by atoms with Crippen LogP contribution in [0, 0.1) is 0 Å². The van der Waals surface area contributed by atoms with Gasteiger partial charge in [0.25, 0.3) is 0 Å². The van der Waals surface area contributed by atoms with Gasteiger partial charge in [0.15, 0.2) is 0 Å². The van der Waals surface area contributed by atoms with Crippen molar-refractivity contribution in [3.8, 4) is 0 Å². The quantitative estimate of drug-likeness (QED) is 0.145. The third-order valence-electron chi connectivity index (χ3n) is 9.43. The maximum absolute atomic E-state index is 11.8. The molecule has 0 spiro atoms. The minimum atomic E-state index is -4.37. The fraction of sp³-hybridized carbons (Fsp3) is 0.386. The molecule has 1 fully saturated rings. The molecule has 2 aromatic heterocycles. The molecular weight excluding hydrogens is 988 g/mol. The molecule has 6 rings (SSSR count). The first-order valence-corrected chi connectivity index (χ1v) is 21.0. The minimum Gasteiger partial charge on any atom is -1.00 e. The number of furan rings is 1. The predicted molar refractivity (Wildman–Crippen MR) is 236 cm³/mol. The van der Waals surface area contributed by atoms with Crippen molar-refractivity contribution >= 4 is 73.4 Å². The second-order valence-corrected chi connectivity index (χ2v) is 17.7. The van der Waals surface area contributed by atoms with Crippen molar-refractivity contribution in [3.63, 3.8) is 0 Å². The van der Waals surface area contributed by atoms with Crippen LogP contribution in [0.25, 0.3) is 10.9 Å². The molecular formula is C44H51BBr2F3N3Na2O9. The Morgan fingerprint density at radius 1 is 0.891 bits per heavy atom. The van der Waals surface area contributed by atoms with Gasteiger partial charge in [0.1, 0.15) is 17.7 Å². The number of amides is 1. The number of aromatic nitrogens is 2. The van der Waals surface area contributed by atoms with Crippen LogP contribution in [-0.2, 0) is 47.0 Å². The average Bonchev–Trinajstić information content (AvgIpc) is 3.78. The molecule has 12 nitrogen and oxygen atoms in total. The van der Waals surface area contributed by atoms with E-state index in [0.29, 0.717) is 22.8 Å². The van der Waals surface area contributed by atoms with E-state index in [4.69, 9.17) is 18.8 Å². The Balaban J connectivity index is 0.000000869. The Kier molecular flexibility index (Phi) is 23.5. The second kappa shape index (κ2) is 25.4. The fourth-order valence-electron chi connectivity index (χ4n) is 5.30. The Hall–Kier alpha value is -2.78. The summed E-state index contributed by atoms with van der Waals surface area (Å²) in [6.45, 7) is 17.8. The maximum Gasteiger partial charge on any atom is 1.00 e. The molecule has 5 aromatic rings. The zero-order valence-electron chi connectivity index (χ0n) is 39.1. The molecule has 20 heteroatoms. The molecule has 64 heavy (non-hydrogen) atoms. The van der Waals surface area contributed by atoms with E-state index in [1.165, 1.54) is 31.8 Å². The van der Waals surface area contributed by atoms with Crippen LogP contribution in [0.2, 0.25) is 0 Å². The molecule has 3 aromatic carbocycles. The summed E-state index contributed by atoms with van der Waals surface area (Å²) in [4.78, 5) is 41.5. The van der Waals surface area contributed by atoms with Crippen LogP contribution < -0.4 is 75.0 Å². The van der Waals surface area contributed by atoms with Crippen molar-refractivity contribution in [2.75, 3.05) is 7.11 Å². The number of esters is 1. The van der Waals surface area contributed by atoms with Crippen molar-refractivity contribution in [3.05, 3.63) is 124 Å². The monoisotopic (exact) mass is 1040 g/mol. The summed E-state index contributed by atoms with van der Waals surface area (Å²) in [6, 6.07) is 22.6. The number of rotatable bonds is 7. The Morgan fingerprint density at radius 3 is 1.97 bits per heavy atom. The van der Waals surface area contributed by atoms with Gasteiger partial charge in [-0.1, -0.05) is 80.4 Å². The number of nitrogens with zero attached hydrogens (tertiary/aromatic N) is 2. The average molecular weight is 1040 g/mol. The fourth-order valence-corrected chi connectivity index (χ4v) is 6.00. The summed E-state index contributed by atoms with van der Waals surface area (Å²) in [5, 5.41) is 14.2. The molecule has 1 aliphatic heterocycles. The van der Waals surface area contributed by atoms with Crippen LogP contribution in [0.1, 0.15) is 96.7 Å². The SMILES string of the molecule is CC(C)(C)OC(=O)NCc1ccc(B2OC(C)(C)C(C)(C)O2)cc1.COC(=O)C(C)(C)c1cccc(Br)c1.FC(F)(F)c1ccc(CBr)o1.O=C([O-])c1cccc2ncncc12.[H-].[Na+].[Na+]. The first-order chi connectivity index (χ1) is 28.7. The maximum atomic E-state index is 11.8. The van der Waals surface area contributed by atoms with Gasteiger partial charge in [-0.2, -0.15) is 13.2 Å². The van der Waals surface area contributed by atoms with Gasteiger partial charge in [-0.25, -0.2) is 14.8 Å². The van der Waals surface area contributed by atoms with E-state index >= 15 is 0 Å². The number of methoxy groups -OCH3 is 1. The number of carboxylic acid groups (broad SMARTS) is 1.